The van der Waals surface area contributed by atoms with Crippen LogP contribution in [0.15, 0.2) is 0 Å². The molecule has 0 aliphatic carbocycles. The van der Waals surface area contributed by atoms with Crippen molar-refractivity contribution < 1.29 is 13.2 Å². The number of rotatable bonds is 7. The number of nitrogens with one attached hydrogen (secondary N) is 1. The minimum atomic E-state index is -4.15. The van der Waals surface area contributed by atoms with E-state index in [0.29, 0.717) is 10.5 Å². The highest BCUT2D eigenvalue weighted by molar-refractivity contribution is 14.1. The summed E-state index contributed by atoms with van der Waals surface area (Å²) in [6.45, 7) is 7.83. The lowest BCUT2D eigenvalue weighted by atomic mass is 9.82. The molecule has 0 fully saturated rings. The lowest BCUT2D eigenvalue weighted by molar-refractivity contribution is -0.152. The Morgan fingerprint density at radius 1 is 1.24 bits per heavy atom. The molecule has 0 bridgehead atoms. The number of hydrogen-bond donors (Lipinski definition) is 1. The van der Waals surface area contributed by atoms with E-state index < -0.39 is 12.2 Å². The maximum Gasteiger partial charge on any atom is 0.403 e. The first-order chi connectivity index (χ1) is 7.63. The van der Waals surface area contributed by atoms with E-state index in [2.05, 4.69) is 48.7 Å². The third-order valence-corrected chi connectivity index (χ3v) is 4.87. The molecule has 0 heterocycles. The number of unbranched alkanes of at least 4 members (excludes halogenated alkanes) is 1. The van der Waals surface area contributed by atoms with Crippen molar-refractivity contribution >= 4 is 22.6 Å². The van der Waals surface area contributed by atoms with Gasteiger partial charge in [0.1, 0.15) is 6.04 Å². The van der Waals surface area contributed by atoms with Crippen molar-refractivity contribution in [2.24, 2.45) is 5.41 Å². The molecule has 0 saturated heterocycles. The summed E-state index contributed by atoms with van der Waals surface area (Å²) in [6, 6.07) is -1.43. The van der Waals surface area contributed by atoms with E-state index in [1.54, 1.807) is 0 Å². The van der Waals surface area contributed by atoms with Gasteiger partial charge in [0, 0.05) is 10.5 Å². The van der Waals surface area contributed by atoms with Crippen LogP contribution in [0.25, 0.3) is 0 Å². The Bertz CT molecular complexity index is 218. The van der Waals surface area contributed by atoms with Crippen LogP contribution in [0.2, 0.25) is 0 Å². The number of hydrogen-bond acceptors (Lipinski definition) is 1. The van der Waals surface area contributed by atoms with Crippen molar-refractivity contribution in [3.63, 3.8) is 0 Å². The summed E-state index contributed by atoms with van der Waals surface area (Å²) in [6.07, 6.45) is -1.05. The molecule has 1 unspecified atom stereocenters. The Hall–Kier alpha value is 0.480. The zero-order valence-corrected chi connectivity index (χ0v) is 13.2. The summed E-state index contributed by atoms with van der Waals surface area (Å²) in [4.78, 5) is 0. The Morgan fingerprint density at radius 2 is 1.76 bits per heavy atom. The van der Waals surface area contributed by atoms with Gasteiger partial charge in [-0.1, -0.05) is 56.2 Å². The lowest BCUT2D eigenvalue weighted by Gasteiger charge is -2.34. The molecule has 3 atom stereocenters. The minimum absolute atomic E-state index is 0.0733. The fourth-order valence-corrected chi connectivity index (χ4v) is 2.04. The van der Waals surface area contributed by atoms with Gasteiger partial charge >= 0.3 is 6.18 Å². The van der Waals surface area contributed by atoms with Gasteiger partial charge in [-0.05, 0) is 18.8 Å². The van der Waals surface area contributed by atoms with E-state index in [1.807, 2.05) is 0 Å². The van der Waals surface area contributed by atoms with Gasteiger partial charge in [0.25, 0.3) is 0 Å². The molecular weight excluding hydrogens is 342 g/mol. The Labute approximate surface area is 116 Å². The molecule has 5 heteroatoms. The van der Waals surface area contributed by atoms with E-state index in [-0.39, 0.29) is 5.41 Å². The van der Waals surface area contributed by atoms with E-state index >= 15 is 0 Å². The Kier molecular flexibility index (Phi) is 7.37. The van der Waals surface area contributed by atoms with Gasteiger partial charge in [-0.3, -0.25) is 0 Å². The third kappa shape index (κ3) is 6.27. The number of halogens is 4. The molecule has 0 aliphatic heterocycles. The van der Waals surface area contributed by atoms with Crippen molar-refractivity contribution in [2.75, 3.05) is 6.54 Å². The maximum absolute atomic E-state index is 12.4. The Morgan fingerprint density at radius 3 is 2.12 bits per heavy atom. The standard InChI is InChI=1S/C12H23F3IN/c1-5-6-7-11(4,9(2)16)8-17-10(3)12(13,14)15/h9-10,17H,5-8H2,1-4H3/t9?,10-,11+/m0/s1. The molecule has 0 saturated carbocycles. The van der Waals surface area contributed by atoms with Crippen LogP contribution >= 0.6 is 22.6 Å². The van der Waals surface area contributed by atoms with E-state index in [9.17, 15) is 13.2 Å². The molecule has 0 aliphatic rings. The van der Waals surface area contributed by atoms with E-state index in [0.717, 1.165) is 19.3 Å². The SMILES string of the molecule is CCCC[C@](C)(CN[C@@H](C)C(F)(F)F)C(C)I. The molecule has 0 aromatic rings. The zero-order valence-electron chi connectivity index (χ0n) is 11.0. The van der Waals surface area contributed by atoms with E-state index in [4.69, 9.17) is 0 Å². The molecule has 17 heavy (non-hydrogen) atoms. The highest BCUT2D eigenvalue weighted by Crippen LogP contribution is 2.33. The van der Waals surface area contributed by atoms with Gasteiger partial charge in [0.15, 0.2) is 0 Å². The van der Waals surface area contributed by atoms with Gasteiger partial charge < -0.3 is 5.32 Å². The fraction of sp³-hybridized carbons (Fsp3) is 1.00. The molecule has 0 rings (SSSR count). The summed E-state index contributed by atoms with van der Waals surface area (Å²) >= 11 is 2.31. The van der Waals surface area contributed by atoms with Crippen molar-refractivity contribution in [3.05, 3.63) is 0 Å². The first kappa shape index (κ1) is 17.5. The van der Waals surface area contributed by atoms with Crippen molar-refractivity contribution in [1.29, 1.82) is 0 Å². The van der Waals surface area contributed by atoms with Crippen LogP contribution in [0.4, 0.5) is 13.2 Å². The molecule has 0 spiro atoms. The van der Waals surface area contributed by atoms with Crippen LogP contribution in [0.3, 0.4) is 0 Å². The zero-order chi connectivity index (χ0) is 13.7. The molecule has 0 aromatic carbocycles. The predicted octanol–water partition coefficient (Wildman–Crippen LogP) is 4.55. The topological polar surface area (TPSA) is 12.0 Å². The summed E-state index contributed by atoms with van der Waals surface area (Å²) in [5, 5.41) is 2.62. The highest BCUT2D eigenvalue weighted by Gasteiger charge is 2.38. The number of alkyl halides is 4. The van der Waals surface area contributed by atoms with Gasteiger partial charge in [-0.25, -0.2) is 0 Å². The van der Waals surface area contributed by atoms with Crippen molar-refractivity contribution in [1.82, 2.24) is 5.32 Å². The molecule has 0 aromatic heterocycles. The first-order valence-electron chi connectivity index (χ1n) is 6.07. The van der Waals surface area contributed by atoms with Gasteiger partial charge in [-0.15, -0.1) is 0 Å². The highest BCUT2D eigenvalue weighted by atomic mass is 127. The average Bonchev–Trinajstić information content (AvgIpc) is 2.21. The second-order valence-electron chi connectivity index (χ2n) is 5.02. The van der Waals surface area contributed by atoms with Crippen LogP contribution in [-0.4, -0.2) is 22.7 Å². The van der Waals surface area contributed by atoms with Crippen LogP contribution in [0, 0.1) is 5.41 Å². The van der Waals surface area contributed by atoms with Crippen LogP contribution in [0.5, 0.6) is 0 Å². The smallest absolute Gasteiger partial charge is 0.306 e. The summed E-state index contributed by atoms with van der Waals surface area (Å²) < 4.78 is 37.6. The summed E-state index contributed by atoms with van der Waals surface area (Å²) in [5.74, 6) is 0. The second-order valence-corrected chi connectivity index (χ2v) is 6.89. The molecule has 0 amide bonds. The predicted molar refractivity (Wildman–Crippen MR) is 74.6 cm³/mol. The van der Waals surface area contributed by atoms with Crippen molar-refractivity contribution in [3.8, 4) is 0 Å². The van der Waals surface area contributed by atoms with Gasteiger partial charge in [0.05, 0.1) is 0 Å². The molecule has 1 N–H and O–H groups in total. The molecule has 1 nitrogen and oxygen atoms in total. The minimum Gasteiger partial charge on any atom is -0.306 e. The van der Waals surface area contributed by atoms with Crippen LogP contribution in [0.1, 0.15) is 47.0 Å². The monoisotopic (exact) mass is 365 g/mol. The molecule has 104 valence electrons. The molecule has 0 radical (unpaired) electrons. The first-order valence-corrected chi connectivity index (χ1v) is 7.32. The van der Waals surface area contributed by atoms with Gasteiger partial charge in [0.2, 0.25) is 0 Å². The molecular formula is C12H23F3IN. The quantitative estimate of drug-likeness (QED) is 0.516. The normalized spacial score (nSPS) is 19.8. The lowest BCUT2D eigenvalue weighted by Crippen LogP contribution is -2.46. The van der Waals surface area contributed by atoms with Gasteiger partial charge in [-0.2, -0.15) is 13.2 Å². The summed E-state index contributed by atoms with van der Waals surface area (Å²) in [7, 11) is 0. The van der Waals surface area contributed by atoms with Crippen LogP contribution < -0.4 is 5.32 Å². The average molecular weight is 365 g/mol. The Balaban J connectivity index is 4.36. The van der Waals surface area contributed by atoms with Crippen molar-refractivity contribution in [2.45, 2.75) is 63.1 Å². The summed E-state index contributed by atoms with van der Waals surface area (Å²) in [5.41, 5.74) is -0.0733. The second kappa shape index (κ2) is 7.16. The van der Waals surface area contributed by atoms with Crippen LogP contribution in [-0.2, 0) is 0 Å². The van der Waals surface area contributed by atoms with E-state index in [1.165, 1.54) is 6.92 Å². The third-order valence-electron chi connectivity index (χ3n) is 3.36. The maximum atomic E-state index is 12.4. The largest absolute Gasteiger partial charge is 0.403 e. The fourth-order valence-electron chi connectivity index (χ4n) is 1.51.